The van der Waals surface area contributed by atoms with Crippen LogP contribution in [0, 0.1) is 10.1 Å². The van der Waals surface area contributed by atoms with E-state index in [2.05, 4.69) is 21.1 Å². The summed E-state index contributed by atoms with van der Waals surface area (Å²) in [5.74, 6) is -0.997. The lowest BCUT2D eigenvalue weighted by Gasteiger charge is -2.01. The highest BCUT2D eigenvalue weighted by Gasteiger charge is 2.02. The number of aromatic carboxylic acids is 1. The van der Waals surface area contributed by atoms with Crippen molar-refractivity contribution in [3.05, 3.63) is 75.3 Å². The molecule has 0 heterocycles. The van der Waals surface area contributed by atoms with Gasteiger partial charge in [-0.1, -0.05) is 12.1 Å². The third-order valence-corrected chi connectivity index (χ3v) is 3.20. The molecule has 2 aromatic carbocycles. The van der Waals surface area contributed by atoms with Crippen molar-refractivity contribution in [1.29, 1.82) is 0 Å². The van der Waals surface area contributed by atoms with Gasteiger partial charge in [0.1, 0.15) is 0 Å². The number of rotatable bonds is 6. The summed E-state index contributed by atoms with van der Waals surface area (Å²) < 4.78 is 0. The molecule has 0 aliphatic rings. The maximum Gasteiger partial charge on any atom is 0.335 e. The lowest BCUT2D eigenvalue weighted by Crippen LogP contribution is -2.28. The second-order valence-electron chi connectivity index (χ2n) is 4.84. The van der Waals surface area contributed by atoms with E-state index in [4.69, 9.17) is 17.3 Å². The van der Waals surface area contributed by atoms with Crippen molar-refractivity contribution in [3.8, 4) is 0 Å². The van der Waals surface area contributed by atoms with Crippen LogP contribution >= 0.6 is 12.2 Å². The average Bonchev–Trinajstić information content (AvgIpc) is 2.62. The smallest absolute Gasteiger partial charge is 0.335 e. The minimum Gasteiger partial charge on any atom is -0.478 e. The van der Waals surface area contributed by atoms with Crippen molar-refractivity contribution < 1.29 is 14.8 Å². The van der Waals surface area contributed by atoms with Crippen LogP contribution in [0.1, 0.15) is 21.5 Å². The van der Waals surface area contributed by atoms with Gasteiger partial charge in [-0.25, -0.2) is 4.79 Å². The van der Waals surface area contributed by atoms with Crippen LogP contribution in [-0.2, 0) is 0 Å². The molecule has 26 heavy (non-hydrogen) atoms. The summed E-state index contributed by atoms with van der Waals surface area (Å²) >= 11 is 4.98. The van der Waals surface area contributed by atoms with Crippen molar-refractivity contribution in [2.24, 2.45) is 10.2 Å². The zero-order valence-corrected chi connectivity index (χ0v) is 14.0. The van der Waals surface area contributed by atoms with Gasteiger partial charge in [-0.2, -0.15) is 10.2 Å². The zero-order chi connectivity index (χ0) is 18.9. The van der Waals surface area contributed by atoms with Crippen molar-refractivity contribution >= 4 is 41.4 Å². The summed E-state index contributed by atoms with van der Waals surface area (Å²) in [6.07, 6.45) is 2.92. The van der Waals surface area contributed by atoms with Crippen molar-refractivity contribution in [3.63, 3.8) is 0 Å². The van der Waals surface area contributed by atoms with E-state index in [1.165, 1.54) is 36.7 Å². The van der Waals surface area contributed by atoms with Crippen LogP contribution in [0.15, 0.2) is 58.7 Å². The molecule has 0 saturated heterocycles. The molecule has 0 atom stereocenters. The van der Waals surface area contributed by atoms with Crippen LogP contribution in [0.25, 0.3) is 0 Å². The van der Waals surface area contributed by atoms with E-state index in [9.17, 15) is 14.9 Å². The molecule has 2 aromatic rings. The normalized spacial score (nSPS) is 10.8. The lowest BCUT2D eigenvalue weighted by molar-refractivity contribution is -0.384. The minimum absolute atomic E-state index is 0.00183. The van der Waals surface area contributed by atoms with Gasteiger partial charge in [0, 0.05) is 12.1 Å². The number of hydrazone groups is 2. The van der Waals surface area contributed by atoms with Crippen LogP contribution in [0.2, 0.25) is 0 Å². The summed E-state index contributed by atoms with van der Waals surface area (Å²) in [5.41, 5.74) is 6.63. The predicted octanol–water partition coefficient (Wildman–Crippen LogP) is 2.13. The maximum atomic E-state index is 10.8. The minimum atomic E-state index is -0.997. The Hall–Kier alpha value is -3.66. The molecule has 0 amide bonds. The second kappa shape index (κ2) is 8.99. The van der Waals surface area contributed by atoms with Crippen molar-refractivity contribution in [2.45, 2.75) is 0 Å². The molecular formula is C16H13N5O4S. The van der Waals surface area contributed by atoms with Crippen molar-refractivity contribution in [1.82, 2.24) is 10.9 Å². The Labute approximate surface area is 153 Å². The third-order valence-electron chi connectivity index (χ3n) is 3.02. The maximum absolute atomic E-state index is 10.8. The zero-order valence-electron chi connectivity index (χ0n) is 13.2. The molecule has 0 bridgehead atoms. The quantitative estimate of drug-likeness (QED) is 0.307. The summed E-state index contributed by atoms with van der Waals surface area (Å²) in [6.45, 7) is 0. The summed E-state index contributed by atoms with van der Waals surface area (Å²) in [4.78, 5) is 20.8. The molecule has 0 fully saturated rings. The molecule has 2 rings (SSSR count). The molecule has 0 aliphatic heterocycles. The topological polar surface area (TPSA) is 129 Å². The first kappa shape index (κ1) is 18.7. The second-order valence-corrected chi connectivity index (χ2v) is 5.25. The summed E-state index contributed by atoms with van der Waals surface area (Å²) in [7, 11) is 0. The van der Waals surface area contributed by atoms with Gasteiger partial charge in [-0.3, -0.25) is 21.0 Å². The van der Waals surface area contributed by atoms with E-state index in [0.29, 0.717) is 11.1 Å². The van der Waals surface area contributed by atoms with Gasteiger partial charge >= 0.3 is 5.97 Å². The van der Waals surface area contributed by atoms with E-state index in [-0.39, 0.29) is 16.4 Å². The van der Waals surface area contributed by atoms with Crippen LogP contribution in [0.3, 0.4) is 0 Å². The Bertz CT molecular complexity index is 792. The molecule has 3 N–H and O–H groups in total. The molecule has 10 heteroatoms. The standard InChI is InChI=1S/C16H13N5O4S/c22-15(23)13-5-1-11(2-6-13)9-17-19-16(26)20-18-10-12-3-7-14(8-4-12)21(24)25/h1-10H,(H,22,23)(H2,19,20,26). The highest BCUT2D eigenvalue weighted by atomic mass is 32.1. The van der Waals surface area contributed by atoms with Gasteiger partial charge < -0.3 is 5.11 Å². The molecule has 0 unspecified atom stereocenters. The number of carboxylic acid groups (broad SMARTS) is 1. The van der Waals surface area contributed by atoms with E-state index < -0.39 is 10.9 Å². The van der Waals surface area contributed by atoms with Crippen LogP contribution in [0.4, 0.5) is 5.69 Å². The van der Waals surface area contributed by atoms with E-state index in [0.717, 1.165) is 0 Å². The molecular weight excluding hydrogens is 358 g/mol. The monoisotopic (exact) mass is 371 g/mol. The van der Waals surface area contributed by atoms with Crippen molar-refractivity contribution in [2.75, 3.05) is 0 Å². The molecule has 9 nitrogen and oxygen atoms in total. The third kappa shape index (κ3) is 5.76. The van der Waals surface area contributed by atoms with E-state index >= 15 is 0 Å². The lowest BCUT2D eigenvalue weighted by atomic mass is 10.1. The number of nitro groups is 1. The van der Waals surface area contributed by atoms with Crippen LogP contribution in [-0.4, -0.2) is 33.5 Å². The number of nitrogens with zero attached hydrogens (tertiary/aromatic N) is 3. The Kier molecular flexibility index (Phi) is 6.46. The molecule has 132 valence electrons. The largest absolute Gasteiger partial charge is 0.478 e. The van der Waals surface area contributed by atoms with Gasteiger partial charge in [0.2, 0.25) is 5.11 Å². The van der Waals surface area contributed by atoms with E-state index in [1.54, 1.807) is 24.3 Å². The fourth-order valence-electron chi connectivity index (χ4n) is 1.75. The number of nitro benzene ring substituents is 1. The van der Waals surface area contributed by atoms with Gasteiger partial charge in [-0.15, -0.1) is 0 Å². The molecule has 0 radical (unpaired) electrons. The predicted molar refractivity (Wildman–Crippen MR) is 101 cm³/mol. The van der Waals surface area contributed by atoms with E-state index in [1.807, 2.05) is 0 Å². The SMILES string of the molecule is O=C(O)c1ccc(C=NNC(=S)NN=Cc2ccc([N+](=O)[O-])cc2)cc1. The number of carbonyl (C=O) groups is 1. The summed E-state index contributed by atoms with van der Waals surface area (Å²) in [5, 5.41) is 27.3. The molecule has 0 spiro atoms. The molecule has 0 saturated carbocycles. The number of thiocarbonyl (C=S) groups is 1. The Balaban J connectivity index is 1.81. The summed E-state index contributed by atoms with van der Waals surface area (Å²) in [6, 6.07) is 12.0. The number of non-ortho nitro benzene ring substituents is 1. The Morgan fingerprint density at radius 2 is 1.46 bits per heavy atom. The Morgan fingerprint density at radius 3 is 1.88 bits per heavy atom. The number of hydrogen-bond donors (Lipinski definition) is 3. The highest BCUT2D eigenvalue weighted by Crippen LogP contribution is 2.10. The Morgan fingerprint density at radius 1 is 1.00 bits per heavy atom. The number of carboxylic acids is 1. The van der Waals surface area contributed by atoms with Crippen LogP contribution < -0.4 is 10.9 Å². The van der Waals surface area contributed by atoms with Gasteiger partial charge in [0.25, 0.3) is 5.69 Å². The molecule has 0 aromatic heterocycles. The fraction of sp³-hybridized carbons (Fsp3) is 0. The first-order chi connectivity index (χ1) is 12.5. The average molecular weight is 371 g/mol. The van der Waals surface area contributed by atoms with Gasteiger partial charge in [0.05, 0.1) is 22.9 Å². The van der Waals surface area contributed by atoms with Gasteiger partial charge in [0.15, 0.2) is 0 Å². The fourth-order valence-corrected chi connectivity index (χ4v) is 1.86. The first-order valence-corrected chi connectivity index (χ1v) is 7.56. The number of nitrogens with one attached hydrogen (secondary N) is 2. The first-order valence-electron chi connectivity index (χ1n) is 7.15. The number of benzene rings is 2. The highest BCUT2D eigenvalue weighted by molar-refractivity contribution is 7.80. The van der Waals surface area contributed by atoms with Gasteiger partial charge in [-0.05, 0) is 47.6 Å². The molecule has 0 aliphatic carbocycles. The number of hydrogen-bond acceptors (Lipinski definition) is 6. The van der Waals surface area contributed by atoms with Crippen LogP contribution in [0.5, 0.6) is 0 Å².